The monoisotopic (exact) mass is 716 g/mol. The third kappa shape index (κ3) is 5.34. The number of aliphatic imine (C=N–C) groups is 1. The molecule has 1 N–H and O–H groups in total. The van der Waals surface area contributed by atoms with Crippen molar-refractivity contribution in [2.75, 3.05) is 0 Å². The molecular formula is C52H36N4. The van der Waals surface area contributed by atoms with Crippen LogP contribution in [0, 0.1) is 0 Å². The summed E-state index contributed by atoms with van der Waals surface area (Å²) >= 11 is 0. The number of hydrogen-bond donors (Lipinski definition) is 1. The minimum atomic E-state index is -0.0108. The molecule has 1 unspecified atom stereocenters. The molecule has 0 spiro atoms. The van der Waals surface area contributed by atoms with Gasteiger partial charge in [-0.1, -0.05) is 140 Å². The maximum atomic E-state index is 5.21. The number of para-hydroxylation sites is 3. The molecule has 0 fully saturated rings. The van der Waals surface area contributed by atoms with E-state index in [-0.39, 0.29) is 6.04 Å². The molecule has 0 radical (unpaired) electrons. The molecule has 8 aromatic carbocycles. The molecule has 4 heteroatoms. The van der Waals surface area contributed by atoms with Gasteiger partial charge in [-0.25, -0.2) is 4.99 Å². The van der Waals surface area contributed by atoms with Crippen molar-refractivity contribution in [1.82, 2.24) is 14.5 Å². The topological polar surface area (TPSA) is 34.2 Å². The highest BCUT2D eigenvalue weighted by Gasteiger charge is 2.21. The maximum absolute atomic E-state index is 5.21. The van der Waals surface area contributed by atoms with Gasteiger partial charge >= 0.3 is 0 Å². The number of rotatable bonds is 6. The highest BCUT2D eigenvalue weighted by molar-refractivity contribution is 6.13. The van der Waals surface area contributed by atoms with Gasteiger partial charge in [-0.3, -0.25) is 0 Å². The minimum absolute atomic E-state index is 0.0108. The summed E-state index contributed by atoms with van der Waals surface area (Å²) in [6, 6.07) is 71.7. The van der Waals surface area contributed by atoms with Gasteiger partial charge in [0, 0.05) is 38.5 Å². The first-order valence-corrected chi connectivity index (χ1v) is 19.2. The van der Waals surface area contributed by atoms with Crippen LogP contribution in [0.25, 0.3) is 71.8 Å². The van der Waals surface area contributed by atoms with Crippen LogP contribution >= 0.6 is 0 Å². The summed E-state index contributed by atoms with van der Waals surface area (Å²) in [6.07, 6.45) is 2.22. The Hall–Kier alpha value is -7.43. The molecule has 0 amide bonds. The van der Waals surface area contributed by atoms with Crippen molar-refractivity contribution in [2.45, 2.75) is 6.04 Å². The van der Waals surface area contributed by atoms with Crippen molar-refractivity contribution in [3.05, 3.63) is 223 Å². The lowest BCUT2D eigenvalue weighted by Gasteiger charge is -2.25. The molecule has 1 aliphatic heterocycles. The molecule has 4 nitrogen and oxygen atoms in total. The van der Waals surface area contributed by atoms with Crippen molar-refractivity contribution in [3.8, 4) is 22.5 Å². The van der Waals surface area contributed by atoms with Crippen molar-refractivity contribution in [3.63, 3.8) is 0 Å². The van der Waals surface area contributed by atoms with E-state index in [0.29, 0.717) is 0 Å². The molecule has 3 heterocycles. The first kappa shape index (κ1) is 32.0. The van der Waals surface area contributed by atoms with Crippen molar-refractivity contribution in [2.24, 2.45) is 4.99 Å². The lowest BCUT2D eigenvalue weighted by atomic mass is 10.0. The molecule has 10 aromatic rings. The Morgan fingerprint density at radius 3 is 1.52 bits per heavy atom. The second-order valence-electron chi connectivity index (χ2n) is 14.5. The number of benzene rings is 8. The largest absolute Gasteiger partial charge is 0.359 e. The molecule has 264 valence electrons. The molecule has 1 atom stereocenters. The van der Waals surface area contributed by atoms with Gasteiger partial charge in [0.15, 0.2) is 0 Å². The Balaban J connectivity index is 1.02. The van der Waals surface area contributed by atoms with Crippen LogP contribution in [0.2, 0.25) is 0 Å². The van der Waals surface area contributed by atoms with Crippen LogP contribution in [-0.4, -0.2) is 15.0 Å². The van der Waals surface area contributed by atoms with Gasteiger partial charge in [-0.05, 0) is 89.0 Å². The van der Waals surface area contributed by atoms with E-state index in [1.807, 2.05) is 6.07 Å². The molecule has 56 heavy (non-hydrogen) atoms. The second kappa shape index (κ2) is 13.2. The van der Waals surface area contributed by atoms with Gasteiger partial charge < -0.3 is 14.5 Å². The predicted molar refractivity (Wildman–Crippen MR) is 234 cm³/mol. The molecule has 0 saturated heterocycles. The van der Waals surface area contributed by atoms with Crippen LogP contribution < -0.4 is 5.32 Å². The number of fused-ring (bicyclic) bond motifs is 6. The third-order valence-electron chi connectivity index (χ3n) is 11.1. The summed E-state index contributed by atoms with van der Waals surface area (Å²) in [5.41, 5.74) is 13.7. The standard InChI is InChI=1S/C52H36N4/c1-4-15-35(16-5-1)46-34-47(36-17-6-2-7-18-36)54-52(53-46)39-19-14-22-41(31-39)56-49-26-13-11-24-43(49)45-33-38(28-30-51(45)56)37-27-29-50-44(32-37)42-23-10-12-25-48(42)55(50)40-20-8-3-9-21-40/h1-34,46H,(H,53,54). The zero-order valence-electron chi connectivity index (χ0n) is 30.5. The van der Waals surface area contributed by atoms with Gasteiger partial charge in [0.05, 0.1) is 33.8 Å². The Labute approximate surface area is 324 Å². The minimum Gasteiger partial charge on any atom is -0.359 e. The van der Waals surface area contributed by atoms with Gasteiger partial charge in [-0.15, -0.1) is 0 Å². The van der Waals surface area contributed by atoms with Crippen LogP contribution in [0.1, 0.15) is 22.7 Å². The van der Waals surface area contributed by atoms with E-state index in [1.165, 1.54) is 66.0 Å². The number of amidine groups is 1. The van der Waals surface area contributed by atoms with E-state index in [1.54, 1.807) is 0 Å². The van der Waals surface area contributed by atoms with E-state index < -0.39 is 0 Å². The average Bonchev–Trinajstić information content (AvgIpc) is 3.79. The first-order valence-electron chi connectivity index (χ1n) is 19.2. The van der Waals surface area contributed by atoms with Crippen LogP contribution in [-0.2, 0) is 0 Å². The highest BCUT2D eigenvalue weighted by Crippen LogP contribution is 2.38. The highest BCUT2D eigenvalue weighted by atomic mass is 15.1. The lowest BCUT2D eigenvalue weighted by molar-refractivity contribution is 0.781. The van der Waals surface area contributed by atoms with Crippen LogP contribution in [0.3, 0.4) is 0 Å². The number of nitrogens with zero attached hydrogens (tertiary/aromatic N) is 3. The SMILES string of the molecule is C1=C(c2ccccc2)N=C(c2cccc(-n3c4ccccc4c4cc(-c5ccc6c(c5)c5ccccc5n6-c5ccccc5)ccc43)c2)NC1c1ccccc1. The lowest BCUT2D eigenvalue weighted by Crippen LogP contribution is -2.31. The van der Waals surface area contributed by atoms with Gasteiger partial charge in [0.25, 0.3) is 0 Å². The zero-order chi connectivity index (χ0) is 37.0. The normalized spacial score (nSPS) is 14.2. The fraction of sp³-hybridized carbons (Fsp3) is 0.0192. The van der Waals surface area contributed by atoms with Gasteiger partial charge in [-0.2, -0.15) is 0 Å². The van der Waals surface area contributed by atoms with E-state index in [2.05, 4.69) is 215 Å². The van der Waals surface area contributed by atoms with E-state index in [9.17, 15) is 0 Å². The fourth-order valence-corrected chi connectivity index (χ4v) is 8.52. The third-order valence-corrected chi connectivity index (χ3v) is 11.1. The Bertz CT molecular complexity index is 3150. The molecular weight excluding hydrogens is 681 g/mol. The summed E-state index contributed by atoms with van der Waals surface area (Å²) in [7, 11) is 0. The predicted octanol–water partition coefficient (Wildman–Crippen LogP) is 12.7. The van der Waals surface area contributed by atoms with Crippen LogP contribution in [0.5, 0.6) is 0 Å². The Morgan fingerprint density at radius 2 is 0.875 bits per heavy atom. The van der Waals surface area contributed by atoms with Gasteiger partial charge in [0.1, 0.15) is 5.84 Å². The molecule has 0 aliphatic carbocycles. The molecule has 0 saturated carbocycles. The van der Waals surface area contributed by atoms with Crippen molar-refractivity contribution >= 4 is 55.1 Å². The zero-order valence-corrected chi connectivity index (χ0v) is 30.5. The molecule has 2 aromatic heterocycles. The number of nitrogens with one attached hydrogen (secondary N) is 1. The quantitative estimate of drug-likeness (QED) is 0.183. The summed E-state index contributed by atoms with van der Waals surface area (Å²) in [5, 5.41) is 8.71. The van der Waals surface area contributed by atoms with E-state index in [4.69, 9.17) is 4.99 Å². The van der Waals surface area contributed by atoms with Gasteiger partial charge in [0.2, 0.25) is 0 Å². The molecule has 11 rings (SSSR count). The summed E-state index contributed by atoms with van der Waals surface area (Å²) in [4.78, 5) is 5.21. The van der Waals surface area contributed by atoms with Crippen LogP contribution in [0.15, 0.2) is 211 Å². The maximum Gasteiger partial charge on any atom is 0.134 e. The molecule has 0 bridgehead atoms. The summed E-state index contributed by atoms with van der Waals surface area (Å²) in [5.74, 6) is 0.856. The summed E-state index contributed by atoms with van der Waals surface area (Å²) < 4.78 is 4.76. The van der Waals surface area contributed by atoms with E-state index >= 15 is 0 Å². The Morgan fingerprint density at radius 1 is 0.375 bits per heavy atom. The average molecular weight is 717 g/mol. The Kier molecular flexibility index (Phi) is 7.52. The van der Waals surface area contributed by atoms with Crippen LogP contribution in [0.4, 0.5) is 0 Å². The first-order chi connectivity index (χ1) is 27.8. The molecule has 1 aliphatic rings. The number of aromatic nitrogens is 2. The smallest absolute Gasteiger partial charge is 0.134 e. The number of hydrogen-bond acceptors (Lipinski definition) is 2. The fourth-order valence-electron chi connectivity index (χ4n) is 8.52. The van der Waals surface area contributed by atoms with E-state index in [0.717, 1.165) is 28.3 Å². The van der Waals surface area contributed by atoms with Crippen molar-refractivity contribution in [1.29, 1.82) is 0 Å². The summed E-state index contributed by atoms with van der Waals surface area (Å²) in [6.45, 7) is 0. The second-order valence-corrected chi connectivity index (χ2v) is 14.5. The van der Waals surface area contributed by atoms with Crippen molar-refractivity contribution < 1.29 is 0 Å².